The van der Waals surface area contributed by atoms with Gasteiger partial charge in [0.1, 0.15) is 5.60 Å². The van der Waals surface area contributed by atoms with E-state index in [0.717, 1.165) is 12.8 Å². The molecule has 2 fully saturated rings. The zero-order valence-corrected chi connectivity index (χ0v) is 11.5. The molecule has 2 aliphatic rings. The average Bonchev–Trinajstić information content (AvgIpc) is 2.32. The number of amides is 1. The fourth-order valence-corrected chi connectivity index (χ4v) is 2.94. The number of aliphatic hydroxyl groups is 2. The first-order chi connectivity index (χ1) is 8.32. The van der Waals surface area contributed by atoms with Crippen molar-refractivity contribution in [2.24, 2.45) is 5.92 Å². The van der Waals surface area contributed by atoms with Gasteiger partial charge in [0, 0.05) is 13.1 Å². The molecule has 1 heterocycles. The average molecular weight is 255 g/mol. The zero-order chi connectivity index (χ0) is 13.4. The van der Waals surface area contributed by atoms with Crippen LogP contribution in [-0.2, 0) is 4.79 Å². The number of hydrogen-bond acceptors (Lipinski definition) is 3. The quantitative estimate of drug-likeness (QED) is 0.742. The summed E-state index contributed by atoms with van der Waals surface area (Å²) in [5, 5.41) is 20.4. The molecule has 18 heavy (non-hydrogen) atoms. The summed E-state index contributed by atoms with van der Waals surface area (Å²) < 4.78 is 0. The summed E-state index contributed by atoms with van der Waals surface area (Å²) >= 11 is 0. The van der Waals surface area contributed by atoms with Gasteiger partial charge in [-0.25, -0.2) is 0 Å². The molecule has 2 rings (SSSR count). The molecule has 0 unspecified atom stereocenters. The van der Waals surface area contributed by atoms with Gasteiger partial charge in [-0.15, -0.1) is 0 Å². The Bertz CT molecular complexity index is 309. The van der Waals surface area contributed by atoms with Crippen molar-refractivity contribution in [2.75, 3.05) is 13.1 Å². The van der Waals surface area contributed by atoms with Gasteiger partial charge in [0.25, 0.3) is 5.91 Å². The molecule has 0 atom stereocenters. The highest BCUT2D eigenvalue weighted by Crippen LogP contribution is 2.34. The molecular formula is C14H25NO3. The second-order valence-corrected chi connectivity index (χ2v) is 6.50. The minimum atomic E-state index is -1.14. The lowest BCUT2D eigenvalue weighted by Gasteiger charge is -2.41. The molecule has 0 radical (unpaired) electrons. The van der Waals surface area contributed by atoms with Gasteiger partial charge >= 0.3 is 0 Å². The first-order valence-electron chi connectivity index (χ1n) is 7.07. The molecule has 0 bridgehead atoms. The predicted octanol–water partition coefficient (Wildman–Crippen LogP) is 1.30. The van der Waals surface area contributed by atoms with Gasteiger partial charge in [0.2, 0.25) is 0 Å². The molecule has 4 heteroatoms. The molecule has 0 aromatic heterocycles. The minimum absolute atomic E-state index is 0.120. The lowest BCUT2D eigenvalue weighted by molar-refractivity contribution is -0.159. The topological polar surface area (TPSA) is 60.8 Å². The van der Waals surface area contributed by atoms with Crippen LogP contribution in [0.2, 0.25) is 0 Å². The Morgan fingerprint density at radius 1 is 1.11 bits per heavy atom. The van der Waals surface area contributed by atoms with Crippen molar-refractivity contribution in [3.8, 4) is 0 Å². The number of carbonyl (C=O) groups is 1. The van der Waals surface area contributed by atoms with Crippen molar-refractivity contribution in [3.63, 3.8) is 0 Å². The summed E-state index contributed by atoms with van der Waals surface area (Å²) in [7, 11) is 0. The molecule has 4 nitrogen and oxygen atoms in total. The highest BCUT2D eigenvalue weighted by molar-refractivity contribution is 5.85. The van der Waals surface area contributed by atoms with Crippen LogP contribution in [0.15, 0.2) is 0 Å². The summed E-state index contributed by atoms with van der Waals surface area (Å²) in [5.74, 6) is 0.491. The van der Waals surface area contributed by atoms with Gasteiger partial charge in [0.05, 0.1) is 5.60 Å². The van der Waals surface area contributed by atoms with E-state index in [0.29, 0.717) is 44.7 Å². The standard InChI is InChI=1S/C14H25NO3/c1-11-3-5-14(18,6-4-11)12(16)15-9-7-13(2,17)8-10-15/h11,17-18H,3-10H2,1-2H3. The SMILES string of the molecule is CC1CCC(O)(C(=O)N2CCC(C)(O)CC2)CC1. The van der Waals surface area contributed by atoms with Crippen LogP contribution in [0, 0.1) is 5.92 Å². The number of rotatable bonds is 1. The van der Waals surface area contributed by atoms with Crippen LogP contribution in [0.5, 0.6) is 0 Å². The summed E-state index contributed by atoms with van der Waals surface area (Å²) in [6.07, 6.45) is 4.22. The summed E-state index contributed by atoms with van der Waals surface area (Å²) in [5.41, 5.74) is -1.80. The molecule has 2 N–H and O–H groups in total. The molecule has 104 valence electrons. The monoisotopic (exact) mass is 255 g/mol. The molecule has 1 amide bonds. The van der Waals surface area contributed by atoms with E-state index in [4.69, 9.17) is 0 Å². The van der Waals surface area contributed by atoms with E-state index in [1.807, 2.05) is 6.92 Å². The number of nitrogens with zero attached hydrogens (tertiary/aromatic N) is 1. The van der Waals surface area contributed by atoms with Gasteiger partial charge in [-0.2, -0.15) is 0 Å². The third kappa shape index (κ3) is 2.86. The van der Waals surface area contributed by atoms with E-state index in [2.05, 4.69) is 6.92 Å². The molecule has 1 saturated carbocycles. The van der Waals surface area contributed by atoms with Crippen molar-refractivity contribution < 1.29 is 15.0 Å². The van der Waals surface area contributed by atoms with Crippen molar-refractivity contribution in [3.05, 3.63) is 0 Å². The summed E-state index contributed by atoms with van der Waals surface area (Å²) in [6.45, 7) is 5.10. The van der Waals surface area contributed by atoms with Gasteiger partial charge in [-0.1, -0.05) is 6.92 Å². The Morgan fingerprint density at radius 2 is 1.61 bits per heavy atom. The number of carbonyl (C=O) groups excluding carboxylic acids is 1. The second-order valence-electron chi connectivity index (χ2n) is 6.50. The molecule has 1 saturated heterocycles. The Hall–Kier alpha value is -0.610. The highest BCUT2D eigenvalue weighted by Gasteiger charge is 2.43. The minimum Gasteiger partial charge on any atom is -0.390 e. The van der Waals surface area contributed by atoms with Crippen molar-refractivity contribution in [1.29, 1.82) is 0 Å². The van der Waals surface area contributed by atoms with E-state index < -0.39 is 11.2 Å². The van der Waals surface area contributed by atoms with Gasteiger partial charge in [-0.05, 0) is 51.4 Å². The fraction of sp³-hybridized carbons (Fsp3) is 0.929. The van der Waals surface area contributed by atoms with E-state index in [1.54, 1.807) is 4.90 Å². The Balaban J connectivity index is 1.95. The van der Waals surface area contributed by atoms with E-state index in [1.165, 1.54) is 0 Å². The van der Waals surface area contributed by atoms with Gasteiger partial charge in [-0.3, -0.25) is 4.79 Å². The number of piperidine rings is 1. The molecule has 1 aliphatic carbocycles. The van der Waals surface area contributed by atoms with Gasteiger partial charge < -0.3 is 15.1 Å². The van der Waals surface area contributed by atoms with Crippen molar-refractivity contribution >= 4 is 5.91 Å². The predicted molar refractivity (Wildman–Crippen MR) is 69.0 cm³/mol. The number of hydrogen-bond donors (Lipinski definition) is 2. The Labute approximate surface area is 109 Å². The van der Waals surface area contributed by atoms with E-state index in [-0.39, 0.29) is 5.91 Å². The van der Waals surface area contributed by atoms with E-state index >= 15 is 0 Å². The Morgan fingerprint density at radius 3 is 2.11 bits per heavy atom. The molecule has 0 aromatic carbocycles. The number of likely N-dealkylation sites (tertiary alicyclic amines) is 1. The third-order valence-corrected chi connectivity index (χ3v) is 4.63. The molecule has 0 spiro atoms. The van der Waals surface area contributed by atoms with Crippen LogP contribution in [0.4, 0.5) is 0 Å². The summed E-state index contributed by atoms with van der Waals surface area (Å²) in [6, 6.07) is 0. The molecule has 1 aliphatic heterocycles. The Kier molecular flexibility index (Phi) is 3.70. The van der Waals surface area contributed by atoms with Crippen molar-refractivity contribution in [2.45, 2.75) is 63.6 Å². The largest absolute Gasteiger partial charge is 0.390 e. The first-order valence-corrected chi connectivity index (χ1v) is 7.07. The van der Waals surface area contributed by atoms with Crippen LogP contribution in [-0.4, -0.2) is 45.3 Å². The maximum atomic E-state index is 12.4. The van der Waals surface area contributed by atoms with E-state index in [9.17, 15) is 15.0 Å². The second kappa shape index (κ2) is 4.82. The maximum Gasteiger partial charge on any atom is 0.254 e. The highest BCUT2D eigenvalue weighted by atomic mass is 16.3. The van der Waals surface area contributed by atoms with Crippen LogP contribution in [0.1, 0.15) is 52.4 Å². The van der Waals surface area contributed by atoms with Gasteiger partial charge in [0.15, 0.2) is 0 Å². The first kappa shape index (κ1) is 13.8. The lowest BCUT2D eigenvalue weighted by atomic mass is 9.78. The lowest BCUT2D eigenvalue weighted by Crippen LogP contribution is -2.54. The summed E-state index contributed by atoms with van der Waals surface area (Å²) in [4.78, 5) is 14.1. The van der Waals surface area contributed by atoms with Crippen LogP contribution >= 0.6 is 0 Å². The van der Waals surface area contributed by atoms with Crippen molar-refractivity contribution in [1.82, 2.24) is 4.90 Å². The normalized spacial score (nSPS) is 36.4. The fourth-order valence-electron chi connectivity index (χ4n) is 2.94. The van der Waals surface area contributed by atoms with Crippen LogP contribution < -0.4 is 0 Å². The molecule has 0 aromatic rings. The molecular weight excluding hydrogens is 230 g/mol. The van der Waals surface area contributed by atoms with Crippen LogP contribution in [0.3, 0.4) is 0 Å². The third-order valence-electron chi connectivity index (χ3n) is 4.63. The smallest absolute Gasteiger partial charge is 0.254 e. The zero-order valence-electron chi connectivity index (χ0n) is 11.5. The van der Waals surface area contributed by atoms with Crippen LogP contribution in [0.25, 0.3) is 0 Å². The maximum absolute atomic E-state index is 12.4.